The molecule has 9 heteroatoms. The molecule has 1 saturated heterocycles. The summed E-state index contributed by atoms with van der Waals surface area (Å²) in [4.78, 5) is 23.0. The van der Waals surface area contributed by atoms with Crippen molar-refractivity contribution in [2.45, 2.75) is 56.8 Å². The molecule has 0 aliphatic carbocycles. The normalized spacial score (nSPS) is 22.2. The van der Waals surface area contributed by atoms with E-state index in [2.05, 4.69) is 5.32 Å². The molecule has 27 heavy (non-hydrogen) atoms. The summed E-state index contributed by atoms with van der Waals surface area (Å²) in [7, 11) is -3.74. The lowest BCUT2D eigenvalue weighted by atomic mass is 10.1. The Balaban J connectivity index is 2.14. The van der Waals surface area contributed by atoms with Gasteiger partial charge in [-0.15, -0.1) is 0 Å². The molecule has 150 valence electrons. The number of sulfonamides is 1. The highest BCUT2D eigenvalue weighted by atomic mass is 32.2. The zero-order valence-corrected chi connectivity index (χ0v) is 16.5. The van der Waals surface area contributed by atoms with Crippen LogP contribution in [0.3, 0.4) is 0 Å². The average Bonchev–Trinajstić information content (AvgIpc) is 2.59. The molecule has 0 radical (unpaired) electrons. The summed E-state index contributed by atoms with van der Waals surface area (Å²) in [6.45, 7) is 5.86. The number of hydrogen-bond donors (Lipinski definition) is 2. The first-order valence-electron chi connectivity index (χ1n) is 8.88. The van der Waals surface area contributed by atoms with E-state index < -0.39 is 21.9 Å². The standard InChI is InChI=1S/C18H26N2O6S/c1-12(7-8-17(21)22)19-18(23)15-5-4-6-16(9-15)27(24,25)20-10-13(2)26-14(3)11-20/h4-6,9,12-14H,7-8,10-11H2,1-3H3,(H,19,23)(H,21,22). The van der Waals surface area contributed by atoms with Crippen molar-refractivity contribution in [3.05, 3.63) is 29.8 Å². The van der Waals surface area contributed by atoms with Gasteiger partial charge in [-0.25, -0.2) is 8.42 Å². The zero-order valence-electron chi connectivity index (χ0n) is 15.7. The monoisotopic (exact) mass is 398 g/mol. The van der Waals surface area contributed by atoms with Crippen LogP contribution in [0.2, 0.25) is 0 Å². The second kappa shape index (κ2) is 8.81. The molecule has 0 saturated carbocycles. The van der Waals surface area contributed by atoms with E-state index in [1.165, 1.54) is 28.6 Å². The van der Waals surface area contributed by atoms with E-state index in [0.29, 0.717) is 6.42 Å². The minimum absolute atomic E-state index is 0.0506. The van der Waals surface area contributed by atoms with Gasteiger partial charge in [0, 0.05) is 31.1 Å². The highest BCUT2D eigenvalue weighted by molar-refractivity contribution is 7.89. The number of rotatable bonds is 7. The molecule has 2 N–H and O–H groups in total. The summed E-state index contributed by atoms with van der Waals surface area (Å²) in [5.41, 5.74) is 0.215. The van der Waals surface area contributed by atoms with Crippen LogP contribution in [0.15, 0.2) is 29.2 Å². The molecule has 0 aromatic heterocycles. The van der Waals surface area contributed by atoms with E-state index in [0.717, 1.165) is 0 Å². The van der Waals surface area contributed by atoms with Gasteiger partial charge in [-0.2, -0.15) is 4.31 Å². The van der Waals surface area contributed by atoms with Gasteiger partial charge >= 0.3 is 5.97 Å². The molecule has 1 heterocycles. The van der Waals surface area contributed by atoms with Gasteiger partial charge in [-0.3, -0.25) is 9.59 Å². The van der Waals surface area contributed by atoms with E-state index in [4.69, 9.17) is 9.84 Å². The van der Waals surface area contributed by atoms with Crippen molar-refractivity contribution in [2.24, 2.45) is 0 Å². The summed E-state index contributed by atoms with van der Waals surface area (Å²) in [5.74, 6) is -1.37. The maximum absolute atomic E-state index is 12.9. The molecular weight excluding hydrogens is 372 g/mol. The largest absolute Gasteiger partial charge is 0.481 e. The van der Waals surface area contributed by atoms with Crippen molar-refractivity contribution < 1.29 is 27.9 Å². The Morgan fingerprint density at radius 2 is 1.93 bits per heavy atom. The van der Waals surface area contributed by atoms with Crippen molar-refractivity contribution in [3.8, 4) is 0 Å². The van der Waals surface area contributed by atoms with Gasteiger partial charge in [0.1, 0.15) is 0 Å². The molecule has 0 spiro atoms. The van der Waals surface area contributed by atoms with E-state index >= 15 is 0 Å². The Kier molecular flexibility index (Phi) is 6.96. The molecule has 0 bridgehead atoms. The number of nitrogens with one attached hydrogen (secondary N) is 1. The average molecular weight is 398 g/mol. The van der Waals surface area contributed by atoms with Crippen LogP contribution < -0.4 is 5.32 Å². The van der Waals surface area contributed by atoms with Crippen LogP contribution in [0.25, 0.3) is 0 Å². The lowest BCUT2D eigenvalue weighted by Gasteiger charge is -2.34. The van der Waals surface area contributed by atoms with Gasteiger partial charge < -0.3 is 15.2 Å². The van der Waals surface area contributed by atoms with Gasteiger partial charge in [0.25, 0.3) is 5.91 Å². The molecule has 2 rings (SSSR count). The molecular formula is C18H26N2O6S. The van der Waals surface area contributed by atoms with Gasteiger partial charge in [0.05, 0.1) is 17.1 Å². The van der Waals surface area contributed by atoms with E-state index in [1.54, 1.807) is 6.92 Å². The van der Waals surface area contributed by atoms with E-state index in [-0.39, 0.29) is 48.2 Å². The molecule has 1 aromatic rings. The van der Waals surface area contributed by atoms with Crippen molar-refractivity contribution in [1.29, 1.82) is 0 Å². The summed E-state index contributed by atoms with van der Waals surface area (Å²) in [6.07, 6.45) is -0.165. The lowest BCUT2D eigenvalue weighted by Crippen LogP contribution is -2.48. The molecule has 3 atom stereocenters. The summed E-state index contributed by atoms with van der Waals surface area (Å²) >= 11 is 0. The minimum atomic E-state index is -3.74. The number of amides is 1. The molecule has 1 aliphatic rings. The molecule has 3 unspecified atom stereocenters. The Morgan fingerprint density at radius 3 is 2.52 bits per heavy atom. The van der Waals surface area contributed by atoms with Gasteiger partial charge in [0.2, 0.25) is 10.0 Å². The quantitative estimate of drug-likeness (QED) is 0.719. The Hall–Kier alpha value is -1.97. The van der Waals surface area contributed by atoms with Crippen molar-refractivity contribution in [3.63, 3.8) is 0 Å². The number of ether oxygens (including phenoxy) is 1. The van der Waals surface area contributed by atoms with Crippen LogP contribution in [0, 0.1) is 0 Å². The number of carboxylic acids is 1. The number of aliphatic carboxylic acids is 1. The fraction of sp³-hybridized carbons (Fsp3) is 0.556. The zero-order chi connectivity index (χ0) is 20.2. The Morgan fingerprint density at radius 1 is 1.30 bits per heavy atom. The number of hydrogen-bond acceptors (Lipinski definition) is 5. The Bertz CT molecular complexity index is 785. The van der Waals surface area contributed by atoms with Crippen LogP contribution in [0.4, 0.5) is 0 Å². The first-order chi connectivity index (χ1) is 12.6. The number of morpholine rings is 1. The first kappa shape index (κ1) is 21.3. The van der Waals surface area contributed by atoms with Gasteiger partial charge in [0.15, 0.2) is 0 Å². The number of carbonyl (C=O) groups is 2. The van der Waals surface area contributed by atoms with E-state index in [1.807, 2.05) is 13.8 Å². The molecule has 1 aliphatic heterocycles. The van der Waals surface area contributed by atoms with E-state index in [9.17, 15) is 18.0 Å². The van der Waals surface area contributed by atoms with Crippen LogP contribution >= 0.6 is 0 Å². The number of benzene rings is 1. The Labute approximate surface area is 159 Å². The third-order valence-electron chi connectivity index (χ3n) is 4.29. The minimum Gasteiger partial charge on any atom is -0.481 e. The highest BCUT2D eigenvalue weighted by Crippen LogP contribution is 2.22. The highest BCUT2D eigenvalue weighted by Gasteiger charge is 2.32. The van der Waals surface area contributed by atoms with Crippen molar-refractivity contribution >= 4 is 21.9 Å². The van der Waals surface area contributed by atoms with Crippen molar-refractivity contribution in [1.82, 2.24) is 9.62 Å². The fourth-order valence-corrected chi connectivity index (χ4v) is 4.63. The predicted molar refractivity (Wildman–Crippen MR) is 99.0 cm³/mol. The lowest BCUT2D eigenvalue weighted by molar-refractivity contribution is -0.137. The maximum atomic E-state index is 12.9. The molecule has 8 nitrogen and oxygen atoms in total. The third kappa shape index (κ3) is 5.75. The number of carbonyl (C=O) groups excluding carboxylic acids is 1. The molecule has 1 amide bonds. The molecule has 1 fully saturated rings. The first-order valence-corrected chi connectivity index (χ1v) is 10.3. The fourth-order valence-electron chi connectivity index (χ4n) is 2.99. The second-order valence-electron chi connectivity index (χ2n) is 6.91. The smallest absolute Gasteiger partial charge is 0.303 e. The summed E-state index contributed by atoms with van der Waals surface area (Å²) in [6, 6.07) is 5.53. The second-order valence-corrected chi connectivity index (χ2v) is 8.85. The van der Waals surface area contributed by atoms with Crippen LogP contribution in [0.1, 0.15) is 44.0 Å². The van der Waals surface area contributed by atoms with Gasteiger partial charge in [-0.1, -0.05) is 6.07 Å². The van der Waals surface area contributed by atoms with Gasteiger partial charge in [-0.05, 0) is 45.4 Å². The maximum Gasteiger partial charge on any atom is 0.303 e. The van der Waals surface area contributed by atoms with Crippen molar-refractivity contribution in [2.75, 3.05) is 13.1 Å². The van der Waals surface area contributed by atoms with Crippen LogP contribution in [-0.2, 0) is 19.6 Å². The summed E-state index contributed by atoms with van der Waals surface area (Å²) < 4.78 is 32.8. The third-order valence-corrected chi connectivity index (χ3v) is 6.12. The van der Waals surface area contributed by atoms with Crippen LogP contribution in [0.5, 0.6) is 0 Å². The predicted octanol–water partition coefficient (Wildman–Crippen LogP) is 1.47. The SMILES string of the molecule is CC(CCC(=O)O)NC(=O)c1cccc(S(=O)(=O)N2CC(C)OC(C)C2)c1. The van der Waals surface area contributed by atoms with Crippen LogP contribution in [-0.4, -0.2) is 61.0 Å². The number of nitrogens with zero attached hydrogens (tertiary/aromatic N) is 1. The summed E-state index contributed by atoms with van der Waals surface area (Å²) in [5, 5.41) is 11.4. The number of carboxylic acid groups (broad SMARTS) is 1. The topological polar surface area (TPSA) is 113 Å². The molecule has 1 aromatic carbocycles.